The van der Waals surface area contributed by atoms with E-state index in [-0.39, 0.29) is 29.4 Å². The van der Waals surface area contributed by atoms with E-state index in [9.17, 15) is 0 Å². The average molecular weight is 465 g/mol. The van der Waals surface area contributed by atoms with Crippen molar-refractivity contribution < 1.29 is 9.47 Å². The van der Waals surface area contributed by atoms with Gasteiger partial charge in [-0.3, -0.25) is 4.99 Å². The lowest BCUT2D eigenvalue weighted by Crippen LogP contribution is -2.63. The van der Waals surface area contributed by atoms with E-state index in [2.05, 4.69) is 42.5 Å². The Kier molecular flexibility index (Phi) is 10.3. The van der Waals surface area contributed by atoms with Crippen LogP contribution in [0.5, 0.6) is 0 Å². The summed E-state index contributed by atoms with van der Waals surface area (Å²) < 4.78 is 11.4. The zero-order valence-electron chi connectivity index (χ0n) is 16.3. The Bertz CT molecular complexity index is 452. The zero-order valence-corrected chi connectivity index (χ0v) is 18.6. The largest absolute Gasteiger partial charge is 0.378 e. The molecular formula is C19H36IN3O2. The number of hydrogen-bond donors (Lipinski definition) is 2. The van der Waals surface area contributed by atoms with E-state index in [4.69, 9.17) is 9.47 Å². The third-order valence-corrected chi connectivity index (χ3v) is 5.33. The van der Waals surface area contributed by atoms with Gasteiger partial charge in [-0.25, -0.2) is 0 Å². The number of guanidine groups is 1. The lowest BCUT2D eigenvalue weighted by molar-refractivity contribution is -0.113. The summed E-state index contributed by atoms with van der Waals surface area (Å²) in [5.74, 6) is 0.896. The highest BCUT2D eigenvalue weighted by molar-refractivity contribution is 14.0. The van der Waals surface area contributed by atoms with E-state index in [1.807, 2.05) is 7.05 Å². The number of nitrogens with one attached hydrogen (secondary N) is 2. The third-order valence-electron chi connectivity index (χ3n) is 5.33. The number of nitrogens with zero attached hydrogens (tertiary/aromatic N) is 1. The van der Waals surface area contributed by atoms with Gasteiger partial charge in [0.1, 0.15) is 0 Å². The van der Waals surface area contributed by atoms with Crippen LogP contribution in [0.1, 0.15) is 52.9 Å². The predicted octanol–water partition coefficient (Wildman–Crippen LogP) is 3.49. The molecule has 1 aliphatic heterocycles. The Balaban J connectivity index is 0.00000312. The topological polar surface area (TPSA) is 54.9 Å². The molecule has 6 heteroatoms. The van der Waals surface area contributed by atoms with Crippen LogP contribution in [-0.4, -0.2) is 51.5 Å². The molecule has 146 valence electrons. The van der Waals surface area contributed by atoms with Crippen LogP contribution in [0.15, 0.2) is 16.6 Å². The quantitative estimate of drug-likeness (QED) is 0.190. The smallest absolute Gasteiger partial charge is 0.191 e. The van der Waals surface area contributed by atoms with Gasteiger partial charge in [-0.1, -0.05) is 38.8 Å². The number of ether oxygens (including phenoxy) is 2. The molecule has 0 saturated heterocycles. The Morgan fingerprint density at radius 2 is 2.24 bits per heavy atom. The van der Waals surface area contributed by atoms with Crippen molar-refractivity contribution in [3.8, 4) is 0 Å². The normalized spacial score (nSPS) is 25.4. The van der Waals surface area contributed by atoms with Gasteiger partial charge >= 0.3 is 0 Å². The van der Waals surface area contributed by atoms with Crippen molar-refractivity contribution in [2.75, 3.05) is 33.4 Å². The highest BCUT2D eigenvalue weighted by Crippen LogP contribution is 2.42. The second kappa shape index (κ2) is 11.4. The molecule has 0 bridgehead atoms. The summed E-state index contributed by atoms with van der Waals surface area (Å²) in [6.07, 6.45) is 8.06. The van der Waals surface area contributed by atoms with Crippen molar-refractivity contribution in [3.05, 3.63) is 11.6 Å². The summed E-state index contributed by atoms with van der Waals surface area (Å²) >= 11 is 0. The summed E-state index contributed by atoms with van der Waals surface area (Å²) in [5, 5.41) is 7.00. The van der Waals surface area contributed by atoms with Crippen LogP contribution in [0.3, 0.4) is 0 Å². The second-order valence-electron chi connectivity index (χ2n) is 7.40. The molecule has 5 nitrogen and oxygen atoms in total. The van der Waals surface area contributed by atoms with Crippen molar-refractivity contribution in [1.82, 2.24) is 10.6 Å². The minimum atomic E-state index is 0. The fourth-order valence-electron chi connectivity index (χ4n) is 3.28. The van der Waals surface area contributed by atoms with Gasteiger partial charge in [0.05, 0.1) is 19.3 Å². The molecule has 2 atom stereocenters. The zero-order chi connectivity index (χ0) is 17.4. The summed E-state index contributed by atoms with van der Waals surface area (Å²) in [6, 6.07) is 0.414. The van der Waals surface area contributed by atoms with Crippen LogP contribution in [0.4, 0.5) is 0 Å². The lowest BCUT2D eigenvalue weighted by Gasteiger charge is -2.52. The summed E-state index contributed by atoms with van der Waals surface area (Å²) in [7, 11) is 1.84. The van der Waals surface area contributed by atoms with Crippen molar-refractivity contribution in [2.45, 2.75) is 65.0 Å². The number of rotatable bonds is 8. The molecule has 2 aliphatic rings. The number of hydrogen-bond acceptors (Lipinski definition) is 3. The molecule has 1 heterocycles. The van der Waals surface area contributed by atoms with Crippen LogP contribution in [0, 0.1) is 5.41 Å². The van der Waals surface area contributed by atoms with Crippen molar-refractivity contribution in [2.24, 2.45) is 10.4 Å². The van der Waals surface area contributed by atoms with Crippen molar-refractivity contribution >= 4 is 29.9 Å². The van der Waals surface area contributed by atoms with Gasteiger partial charge in [0.2, 0.25) is 0 Å². The molecule has 0 aromatic carbocycles. The van der Waals surface area contributed by atoms with Gasteiger partial charge < -0.3 is 20.1 Å². The van der Waals surface area contributed by atoms with Gasteiger partial charge in [0.15, 0.2) is 5.96 Å². The lowest BCUT2D eigenvalue weighted by atomic mass is 9.64. The van der Waals surface area contributed by atoms with Gasteiger partial charge in [-0.15, -0.1) is 24.0 Å². The number of halogens is 1. The fourth-order valence-corrected chi connectivity index (χ4v) is 3.28. The predicted molar refractivity (Wildman–Crippen MR) is 115 cm³/mol. The molecule has 0 aromatic heterocycles. The van der Waals surface area contributed by atoms with Crippen molar-refractivity contribution in [1.29, 1.82) is 0 Å². The maximum Gasteiger partial charge on any atom is 0.191 e. The molecule has 0 amide bonds. The number of aliphatic imine (C=N–C) groups is 1. The molecule has 1 fully saturated rings. The van der Waals surface area contributed by atoms with Gasteiger partial charge in [0, 0.05) is 31.7 Å². The maximum absolute atomic E-state index is 6.02. The number of unbranched alkanes of at least 4 members (excludes halogenated alkanes) is 1. The minimum absolute atomic E-state index is 0. The van der Waals surface area contributed by atoms with Crippen LogP contribution >= 0.6 is 24.0 Å². The highest BCUT2D eigenvalue weighted by Gasteiger charge is 2.49. The minimum Gasteiger partial charge on any atom is -0.378 e. The Labute approximate surface area is 170 Å². The Morgan fingerprint density at radius 1 is 1.44 bits per heavy atom. The third kappa shape index (κ3) is 6.71. The molecule has 1 saturated carbocycles. The molecular weight excluding hydrogens is 429 g/mol. The van der Waals surface area contributed by atoms with Gasteiger partial charge in [0.25, 0.3) is 0 Å². The first-order valence-electron chi connectivity index (χ1n) is 9.42. The van der Waals surface area contributed by atoms with E-state index in [1.165, 1.54) is 12.0 Å². The van der Waals surface area contributed by atoms with Crippen molar-refractivity contribution in [3.63, 3.8) is 0 Å². The molecule has 2 unspecified atom stereocenters. The van der Waals surface area contributed by atoms with Crippen LogP contribution in [0.25, 0.3) is 0 Å². The SMILES string of the molecule is CCCCOC1CC(NC(=NC)NCCC2=CCOCC2)C1(C)C.I. The molecule has 0 radical (unpaired) electrons. The summed E-state index contributed by atoms with van der Waals surface area (Å²) in [4.78, 5) is 4.37. The Morgan fingerprint density at radius 3 is 2.84 bits per heavy atom. The van der Waals surface area contributed by atoms with E-state index in [1.54, 1.807) is 0 Å². The first-order valence-corrected chi connectivity index (χ1v) is 9.42. The molecule has 25 heavy (non-hydrogen) atoms. The molecule has 2 N–H and O–H groups in total. The Hall–Kier alpha value is -0.340. The highest BCUT2D eigenvalue weighted by atomic mass is 127. The van der Waals surface area contributed by atoms with E-state index in [0.29, 0.717) is 12.1 Å². The van der Waals surface area contributed by atoms with Crippen LogP contribution in [-0.2, 0) is 9.47 Å². The first kappa shape index (κ1) is 22.7. The second-order valence-corrected chi connectivity index (χ2v) is 7.40. The van der Waals surface area contributed by atoms with E-state index >= 15 is 0 Å². The molecule has 1 aliphatic carbocycles. The molecule has 0 aromatic rings. The van der Waals surface area contributed by atoms with E-state index < -0.39 is 0 Å². The van der Waals surface area contributed by atoms with Crippen LogP contribution < -0.4 is 10.6 Å². The molecule has 0 spiro atoms. The van der Waals surface area contributed by atoms with Gasteiger partial charge in [-0.05, 0) is 25.7 Å². The average Bonchev–Trinajstić information content (AvgIpc) is 2.59. The fraction of sp³-hybridized carbons (Fsp3) is 0.842. The summed E-state index contributed by atoms with van der Waals surface area (Å²) in [6.45, 7) is 10.2. The van der Waals surface area contributed by atoms with E-state index in [0.717, 1.165) is 58.0 Å². The first-order chi connectivity index (χ1) is 11.6. The molecule has 2 rings (SSSR count). The van der Waals surface area contributed by atoms with Gasteiger partial charge in [-0.2, -0.15) is 0 Å². The standard InChI is InChI=1S/C19H35N3O2.HI/c1-5-6-11-24-17-14-16(19(17,2)3)22-18(20-4)21-10-7-15-8-12-23-13-9-15;/h8,16-17H,5-7,9-14H2,1-4H3,(H2,20,21,22);1H. The maximum atomic E-state index is 6.02. The van der Waals surface area contributed by atoms with Crippen LogP contribution in [0.2, 0.25) is 0 Å². The summed E-state index contributed by atoms with van der Waals surface area (Å²) in [5.41, 5.74) is 1.63. The monoisotopic (exact) mass is 465 g/mol.